The van der Waals surface area contributed by atoms with Gasteiger partial charge in [0.05, 0.1) is 11.0 Å². The van der Waals surface area contributed by atoms with Crippen molar-refractivity contribution in [3.05, 3.63) is 41.7 Å². The van der Waals surface area contributed by atoms with E-state index in [2.05, 4.69) is 15.8 Å². The maximum absolute atomic E-state index is 12.0. The zero-order chi connectivity index (χ0) is 16.8. The molecule has 7 heteroatoms. The Labute approximate surface area is 139 Å². The Balaban J connectivity index is 1.76. The average molecular weight is 333 g/mol. The molecule has 1 aromatic heterocycles. The molecule has 2 amide bonds. The summed E-state index contributed by atoms with van der Waals surface area (Å²) in [6, 6.07) is 9.19. The number of benzene rings is 1. The number of thioether (sulfide) groups is 1. The predicted molar refractivity (Wildman–Crippen MR) is 91.6 cm³/mol. The highest BCUT2D eigenvalue weighted by Gasteiger charge is 2.16. The summed E-state index contributed by atoms with van der Waals surface area (Å²) >= 11 is 1.26. The van der Waals surface area contributed by atoms with Crippen LogP contribution in [0.3, 0.4) is 0 Å². The highest BCUT2D eigenvalue weighted by atomic mass is 32.2. The van der Waals surface area contributed by atoms with E-state index in [1.54, 1.807) is 19.9 Å². The van der Waals surface area contributed by atoms with Crippen LogP contribution in [0.2, 0.25) is 0 Å². The van der Waals surface area contributed by atoms with Gasteiger partial charge in [0, 0.05) is 11.8 Å². The third kappa shape index (κ3) is 5.45. The van der Waals surface area contributed by atoms with Crippen LogP contribution in [0.5, 0.6) is 0 Å². The number of hydrogen-bond donors (Lipinski definition) is 2. The lowest BCUT2D eigenvalue weighted by Gasteiger charge is -2.10. The van der Waals surface area contributed by atoms with E-state index in [0.29, 0.717) is 11.6 Å². The summed E-state index contributed by atoms with van der Waals surface area (Å²) < 4.78 is 4.88. The Hall–Kier alpha value is -2.28. The van der Waals surface area contributed by atoms with Crippen molar-refractivity contribution in [3.63, 3.8) is 0 Å². The van der Waals surface area contributed by atoms with E-state index < -0.39 is 0 Å². The smallest absolute Gasteiger partial charge is 0.238 e. The largest absolute Gasteiger partial charge is 0.360 e. The van der Waals surface area contributed by atoms with Gasteiger partial charge in [0.2, 0.25) is 11.8 Å². The molecule has 0 aliphatic rings. The maximum atomic E-state index is 12.0. The molecule has 0 bridgehead atoms. The third-order valence-corrected chi connectivity index (χ3v) is 4.19. The average Bonchev–Trinajstić information content (AvgIpc) is 2.92. The lowest BCUT2D eigenvalue weighted by atomic mass is 10.2. The lowest BCUT2D eigenvalue weighted by Crippen LogP contribution is -2.25. The summed E-state index contributed by atoms with van der Waals surface area (Å²) in [7, 11) is 0. The van der Waals surface area contributed by atoms with Gasteiger partial charge in [-0.05, 0) is 32.9 Å². The minimum atomic E-state index is -0.379. The van der Waals surface area contributed by atoms with E-state index in [4.69, 9.17) is 4.52 Å². The Bertz CT molecular complexity index is 682. The van der Waals surface area contributed by atoms with Gasteiger partial charge in [-0.25, -0.2) is 0 Å². The highest BCUT2D eigenvalue weighted by molar-refractivity contribution is 8.01. The van der Waals surface area contributed by atoms with E-state index in [9.17, 15) is 9.59 Å². The lowest BCUT2D eigenvalue weighted by molar-refractivity contribution is -0.115. The van der Waals surface area contributed by atoms with Crippen molar-refractivity contribution in [2.45, 2.75) is 26.0 Å². The molecular weight excluding hydrogens is 314 g/mol. The standard InChI is InChI=1S/C16H19N3O3S/c1-10-4-6-13(7-5-10)17-15(20)9-23-12(3)16(21)18-14-8-11(2)22-19-14/h4-8,12H,9H2,1-3H3,(H,17,20)(H,18,19,21). The van der Waals surface area contributed by atoms with Crippen LogP contribution in [0.25, 0.3) is 0 Å². The molecule has 0 aliphatic carbocycles. The second-order valence-corrected chi connectivity index (χ2v) is 6.51. The molecule has 1 unspecified atom stereocenters. The van der Waals surface area contributed by atoms with Crippen molar-refractivity contribution < 1.29 is 14.1 Å². The van der Waals surface area contributed by atoms with E-state index >= 15 is 0 Å². The zero-order valence-electron chi connectivity index (χ0n) is 13.3. The minimum Gasteiger partial charge on any atom is -0.360 e. The summed E-state index contributed by atoms with van der Waals surface area (Å²) in [5.41, 5.74) is 1.88. The van der Waals surface area contributed by atoms with Gasteiger partial charge in [-0.2, -0.15) is 0 Å². The normalized spacial score (nSPS) is 11.8. The molecule has 1 atom stereocenters. The van der Waals surface area contributed by atoms with Crippen LogP contribution in [0.15, 0.2) is 34.9 Å². The molecule has 0 spiro atoms. The monoisotopic (exact) mass is 333 g/mol. The molecule has 0 fully saturated rings. The Kier molecular flexibility index (Phi) is 5.81. The molecule has 2 rings (SSSR count). The zero-order valence-corrected chi connectivity index (χ0v) is 14.1. The van der Waals surface area contributed by atoms with E-state index in [-0.39, 0.29) is 22.8 Å². The van der Waals surface area contributed by atoms with Crippen molar-refractivity contribution in [2.75, 3.05) is 16.4 Å². The topological polar surface area (TPSA) is 84.2 Å². The Morgan fingerprint density at radius 2 is 1.91 bits per heavy atom. The SMILES string of the molecule is Cc1ccc(NC(=O)CSC(C)C(=O)Nc2cc(C)on2)cc1. The van der Waals surface area contributed by atoms with Crippen molar-refractivity contribution in [2.24, 2.45) is 0 Å². The van der Waals surface area contributed by atoms with Crippen molar-refractivity contribution >= 4 is 35.1 Å². The summed E-state index contributed by atoms with van der Waals surface area (Å²) in [5.74, 6) is 0.838. The van der Waals surface area contributed by atoms with E-state index in [0.717, 1.165) is 11.3 Å². The van der Waals surface area contributed by atoms with Gasteiger partial charge in [-0.15, -0.1) is 11.8 Å². The number of nitrogens with one attached hydrogen (secondary N) is 2. The van der Waals surface area contributed by atoms with Crippen LogP contribution in [0.4, 0.5) is 11.5 Å². The second-order valence-electron chi connectivity index (χ2n) is 5.18. The predicted octanol–water partition coefficient (Wildman–Crippen LogP) is 2.99. The van der Waals surface area contributed by atoms with Crippen LogP contribution in [-0.4, -0.2) is 28.0 Å². The van der Waals surface area contributed by atoms with Gasteiger partial charge in [-0.1, -0.05) is 22.9 Å². The first kappa shape index (κ1) is 17.1. The second kappa shape index (κ2) is 7.82. The molecule has 1 heterocycles. The van der Waals surface area contributed by atoms with Gasteiger partial charge in [-0.3, -0.25) is 9.59 Å². The quantitative estimate of drug-likeness (QED) is 0.849. The minimum absolute atomic E-state index is 0.143. The first-order chi connectivity index (χ1) is 10.9. The van der Waals surface area contributed by atoms with Gasteiger partial charge < -0.3 is 15.2 Å². The molecule has 0 aliphatic heterocycles. The summed E-state index contributed by atoms with van der Waals surface area (Å²) in [4.78, 5) is 23.9. The molecule has 122 valence electrons. The fourth-order valence-corrected chi connectivity index (χ4v) is 2.45. The fourth-order valence-electron chi connectivity index (χ4n) is 1.76. The number of aromatic nitrogens is 1. The van der Waals surface area contributed by atoms with Crippen LogP contribution in [-0.2, 0) is 9.59 Å². The maximum Gasteiger partial charge on any atom is 0.238 e. The summed E-state index contributed by atoms with van der Waals surface area (Å²) in [6.07, 6.45) is 0. The molecular formula is C16H19N3O3S. The van der Waals surface area contributed by atoms with Crippen molar-refractivity contribution in [1.29, 1.82) is 0 Å². The third-order valence-electron chi connectivity index (χ3n) is 3.05. The van der Waals surface area contributed by atoms with E-state index in [1.807, 2.05) is 31.2 Å². The van der Waals surface area contributed by atoms with Gasteiger partial charge in [0.15, 0.2) is 5.82 Å². The molecule has 1 aromatic carbocycles. The summed E-state index contributed by atoms with van der Waals surface area (Å²) in [6.45, 7) is 5.47. The van der Waals surface area contributed by atoms with Gasteiger partial charge >= 0.3 is 0 Å². The fraction of sp³-hybridized carbons (Fsp3) is 0.312. The number of anilines is 2. The van der Waals surface area contributed by atoms with Gasteiger partial charge in [0.25, 0.3) is 0 Å². The van der Waals surface area contributed by atoms with Crippen LogP contribution < -0.4 is 10.6 Å². The number of hydrogen-bond acceptors (Lipinski definition) is 5. The number of carbonyl (C=O) groups excluding carboxylic acids is 2. The molecule has 0 radical (unpaired) electrons. The molecule has 0 saturated carbocycles. The summed E-state index contributed by atoms with van der Waals surface area (Å²) in [5, 5.41) is 8.77. The first-order valence-corrected chi connectivity index (χ1v) is 8.21. The van der Waals surface area contributed by atoms with Crippen molar-refractivity contribution in [3.8, 4) is 0 Å². The number of amides is 2. The van der Waals surface area contributed by atoms with Crippen LogP contribution in [0.1, 0.15) is 18.2 Å². The highest BCUT2D eigenvalue weighted by Crippen LogP contribution is 2.15. The molecule has 23 heavy (non-hydrogen) atoms. The number of carbonyl (C=O) groups is 2. The Morgan fingerprint density at radius 1 is 1.22 bits per heavy atom. The van der Waals surface area contributed by atoms with E-state index in [1.165, 1.54) is 11.8 Å². The van der Waals surface area contributed by atoms with Crippen LogP contribution in [0, 0.1) is 13.8 Å². The number of aryl methyl sites for hydroxylation is 2. The molecule has 0 saturated heterocycles. The molecule has 6 nitrogen and oxygen atoms in total. The first-order valence-electron chi connectivity index (χ1n) is 7.16. The van der Waals surface area contributed by atoms with Gasteiger partial charge in [0.1, 0.15) is 5.76 Å². The van der Waals surface area contributed by atoms with Crippen LogP contribution >= 0.6 is 11.8 Å². The molecule has 2 aromatic rings. The number of rotatable bonds is 6. The Morgan fingerprint density at radius 3 is 2.52 bits per heavy atom. The molecule has 2 N–H and O–H groups in total. The van der Waals surface area contributed by atoms with Crippen molar-refractivity contribution in [1.82, 2.24) is 5.16 Å². The number of nitrogens with zero attached hydrogens (tertiary/aromatic N) is 1.